The van der Waals surface area contributed by atoms with Crippen molar-refractivity contribution in [3.63, 3.8) is 0 Å². The highest BCUT2D eigenvalue weighted by atomic mass is 19.4. The third-order valence-corrected chi connectivity index (χ3v) is 1.95. The molecular weight excluding hydrogens is 237 g/mol. The molecule has 0 fully saturated rings. The average molecular weight is 252 g/mol. The van der Waals surface area contributed by atoms with E-state index in [2.05, 4.69) is 9.72 Å². The van der Waals surface area contributed by atoms with Gasteiger partial charge in [0.25, 0.3) is 0 Å². The van der Waals surface area contributed by atoms with Crippen LogP contribution in [0.2, 0.25) is 0 Å². The molecule has 0 bridgehead atoms. The lowest BCUT2D eigenvalue weighted by atomic mass is 10.3. The van der Waals surface area contributed by atoms with Crippen molar-refractivity contribution in [3.8, 4) is 0 Å². The summed E-state index contributed by atoms with van der Waals surface area (Å²) in [7, 11) is 0. The zero-order valence-corrected chi connectivity index (χ0v) is 9.29. The summed E-state index contributed by atoms with van der Waals surface area (Å²) >= 11 is 0. The molecule has 1 heterocycles. The van der Waals surface area contributed by atoms with Crippen LogP contribution in [-0.2, 0) is 17.6 Å². The molecule has 1 rings (SSSR count). The van der Waals surface area contributed by atoms with E-state index < -0.39 is 12.8 Å². The summed E-state index contributed by atoms with van der Waals surface area (Å²) in [6.45, 7) is -0.724. The van der Waals surface area contributed by atoms with Crippen LogP contribution in [0.5, 0.6) is 0 Å². The molecule has 4 nitrogen and oxygen atoms in total. The zero-order valence-electron chi connectivity index (χ0n) is 9.29. The minimum absolute atomic E-state index is 0.0367. The third-order valence-electron chi connectivity index (χ3n) is 1.95. The Balaban J connectivity index is 2.21. The normalized spacial score (nSPS) is 12.0. The highest BCUT2D eigenvalue weighted by Crippen LogP contribution is 2.14. The van der Waals surface area contributed by atoms with E-state index in [-0.39, 0.29) is 13.0 Å². The SMILES string of the molecule is NCCCc1ncc(CCOCC(F)(F)F)o1. The van der Waals surface area contributed by atoms with E-state index in [0.29, 0.717) is 24.6 Å². The first-order chi connectivity index (χ1) is 8.01. The van der Waals surface area contributed by atoms with Crippen molar-refractivity contribution < 1.29 is 22.3 Å². The molecule has 0 saturated heterocycles. The number of ether oxygens (including phenoxy) is 1. The van der Waals surface area contributed by atoms with Crippen molar-refractivity contribution >= 4 is 0 Å². The number of halogens is 3. The predicted octanol–water partition coefficient (Wildman–Crippen LogP) is 1.69. The second kappa shape index (κ2) is 6.61. The van der Waals surface area contributed by atoms with Gasteiger partial charge in [-0.25, -0.2) is 4.98 Å². The Morgan fingerprint density at radius 2 is 2.12 bits per heavy atom. The van der Waals surface area contributed by atoms with Gasteiger partial charge in [0, 0.05) is 12.8 Å². The number of oxazole rings is 1. The van der Waals surface area contributed by atoms with Gasteiger partial charge in [-0.3, -0.25) is 0 Å². The van der Waals surface area contributed by atoms with Crippen LogP contribution in [0.4, 0.5) is 13.2 Å². The van der Waals surface area contributed by atoms with Gasteiger partial charge in [-0.15, -0.1) is 0 Å². The molecule has 0 aromatic carbocycles. The number of nitrogens with zero attached hydrogens (tertiary/aromatic N) is 1. The Morgan fingerprint density at radius 1 is 1.35 bits per heavy atom. The van der Waals surface area contributed by atoms with Crippen LogP contribution in [0.1, 0.15) is 18.1 Å². The van der Waals surface area contributed by atoms with E-state index in [1.54, 1.807) is 0 Å². The smallest absolute Gasteiger partial charge is 0.411 e. The molecule has 17 heavy (non-hydrogen) atoms. The monoisotopic (exact) mass is 252 g/mol. The van der Waals surface area contributed by atoms with Crippen molar-refractivity contribution in [2.75, 3.05) is 19.8 Å². The van der Waals surface area contributed by atoms with Gasteiger partial charge < -0.3 is 14.9 Å². The number of aryl methyl sites for hydroxylation is 1. The lowest BCUT2D eigenvalue weighted by molar-refractivity contribution is -0.173. The summed E-state index contributed by atoms with van der Waals surface area (Å²) in [5, 5.41) is 0. The molecule has 1 aromatic heterocycles. The number of rotatable bonds is 7. The van der Waals surface area contributed by atoms with E-state index >= 15 is 0 Å². The molecular formula is C10H15F3N2O2. The molecule has 1 aromatic rings. The largest absolute Gasteiger partial charge is 0.446 e. The average Bonchev–Trinajstić information content (AvgIpc) is 2.68. The molecule has 0 atom stereocenters. The summed E-state index contributed by atoms with van der Waals surface area (Å²) in [6.07, 6.45) is -1.09. The Hall–Kier alpha value is -1.08. The van der Waals surface area contributed by atoms with Crippen molar-refractivity contribution in [1.82, 2.24) is 4.98 Å². The van der Waals surface area contributed by atoms with Crippen LogP contribution >= 0.6 is 0 Å². The summed E-state index contributed by atoms with van der Waals surface area (Å²) in [5.74, 6) is 1.08. The topological polar surface area (TPSA) is 61.3 Å². The molecule has 0 aliphatic carbocycles. The fraction of sp³-hybridized carbons (Fsp3) is 0.700. The second-order valence-corrected chi connectivity index (χ2v) is 3.53. The quantitative estimate of drug-likeness (QED) is 0.750. The maximum atomic E-state index is 11.8. The highest BCUT2D eigenvalue weighted by molar-refractivity contribution is 4.94. The summed E-state index contributed by atoms with van der Waals surface area (Å²) in [5.41, 5.74) is 5.33. The second-order valence-electron chi connectivity index (χ2n) is 3.53. The van der Waals surface area contributed by atoms with Crippen LogP contribution in [-0.4, -0.2) is 30.9 Å². The first kappa shape index (κ1) is 14.0. The van der Waals surface area contributed by atoms with Gasteiger partial charge in [0.05, 0.1) is 12.8 Å². The van der Waals surface area contributed by atoms with Gasteiger partial charge in [-0.2, -0.15) is 13.2 Å². The summed E-state index contributed by atoms with van der Waals surface area (Å²) in [6, 6.07) is 0. The number of hydrogen-bond donors (Lipinski definition) is 1. The Labute approximate surface area is 97.0 Å². The van der Waals surface area contributed by atoms with Gasteiger partial charge >= 0.3 is 6.18 Å². The van der Waals surface area contributed by atoms with E-state index in [0.717, 1.165) is 6.42 Å². The Bertz CT molecular complexity index is 326. The Kier molecular flexibility index (Phi) is 5.43. The first-order valence-corrected chi connectivity index (χ1v) is 5.29. The molecule has 2 N–H and O–H groups in total. The van der Waals surface area contributed by atoms with Crippen LogP contribution in [0.3, 0.4) is 0 Å². The fourth-order valence-electron chi connectivity index (χ4n) is 1.19. The lowest BCUT2D eigenvalue weighted by Gasteiger charge is -2.05. The third kappa shape index (κ3) is 6.28. The minimum atomic E-state index is -4.28. The van der Waals surface area contributed by atoms with Gasteiger partial charge in [0.1, 0.15) is 12.4 Å². The minimum Gasteiger partial charge on any atom is -0.446 e. The number of alkyl halides is 3. The zero-order chi connectivity index (χ0) is 12.7. The van der Waals surface area contributed by atoms with Gasteiger partial charge in [-0.05, 0) is 13.0 Å². The number of aromatic nitrogens is 1. The molecule has 0 unspecified atom stereocenters. The number of nitrogens with two attached hydrogens (primary N) is 1. The van der Waals surface area contributed by atoms with Crippen molar-refractivity contribution in [3.05, 3.63) is 17.8 Å². The number of hydrogen-bond acceptors (Lipinski definition) is 4. The van der Waals surface area contributed by atoms with Gasteiger partial charge in [0.2, 0.25) is 0 Å². The van der Waals surface area contributed by atoms with E-state index in [4.69, 9.17) is 10.2 Å². The summed E-state index contributed by atoms with van der Waals surface area (Å²) < 4.78 is 45.0. The molecule has 0 saturated carbocycles. The van der Waals surface area contributed by atoms with Crippen molar-refractivity contribution in [1.29, 1.82) is 0 Å². The maximum Gasteiger partial charge on any atom is 0.411 e. The van der Waals surface area contributed by atoms with Crippen LogP contribution in [0.15, 0.2) is 10.6 Å². The summed E-state index contributed by atoms with van der Waals surface area (Å²) in [4.78, 5) is 3.98. The molecule has 0 aliphatic rings. The predicted molar refractivity (Wildman–Crippen MR) is 54.5 cm³/mol. The van der Waals surface area contributed by atoms with Crippen LogP contribution in [0, 0.1) is 0 Å². The molecule has 7 heteroatoms. The van der Waals surface area contributed by atoms with Crippen molar-refractivity contribution in [2.24, 2.45) is 5.73 Å². The Morgan fingerprint density at radius 3 is 2.76 bits per heavy atom. The maximum absolute atomic E-state index is 11.8. The lowest BCUT2D eigenvalue weighted by Crippen LogP contribution is -2.17. The molecule has 0 spiro atoms. The molecule has 0 amide bonds. The molecule has 0 radical (unpaired) electrons. The van der Waals surface area contributed by atoms with Crippen LogP contribution < -0.4 is 5.73 Å². The van der Waals surface area contributed by atoms with Gasteiger partial charge in [-0.1, -0.05) is 0 Å². The van der Waals surface area contributed by atoms with E-state index in [9.17, 15) is 13.2 Å². The molecule has 0 aliphatic heterocycles. The van der Waals surface area contributed by atoms with E-state index in [1.807, 2.05) is 0 Å². The fourth-order valence-corrected chi connectivity index (χ4v) is 1.19. The standard InChI is InChI=1S/C10H15F3N2O2/c11-10(12,13)7-16-5-3-8-6-15-9(17-8)2-1-4-14/h6H,1-5,7,14H2. The van der Waals surface area contributed by atoms with E-state index in [1.165, 1.54) is 6.20 Å². The highest BCUT2D eigenvalue weighted by Gasteiger charge is 2.27. The molecule has 98 valence electrons. The van der Waals surface area contributed by atoms with Crippen LogP contribution in [0.25, 0.3) is 0 Å². The van der Waals surface area contributed by atoms with Crippen molar-refractivity contribution in [2.45, 2.75) is 25.4 Å². The van der Waals surface area contributed by atoms with Gasteiger partial charge in [0.15, 0.2) is 5.89 Å². The first-order valence-electron chi connectivity index (χ1n) is 5.29.